The molecule has 0 amide bonds. The van der Waals surface area contributed by atoms with E-state index >= 15 is 0 Å². The predicted octanol–water partition coefficient (Wildman–Crippen LogP) is 1.18. The molecule has 15 heavy (non-hydrogen) atoms. The summed E-state index contributed by atoms with van der Waals surface area (Å²) in [7, 11) is 0. The monoisotopic (exact) mass is 214 g/mol. The molecule has 3 unspecified atom stereocenters. The standard InChI is InChI=1S/C12H22O3/c1-6(2)8-9-12(8,14)10(13)11(4,5)7(3)15-9/h6-10,13-14H,1-5H3/t7?,8-,9+,10?,12?/m1/s1. The van der Waals surface area contributed by atoms with Crippen LogP contribution in [0.3, 0.4) is 0 Å². The topological polar surface area (TPSA) is 49.7 Å². The molecule has 0 aromatic rings. The minimum Gasteiger partial charge on any atom is -0.389 e. The fourth-order valence-corrected chi connectivity index (χ4v) is 3.02. The van der Waals surface area contributed by atoms with Crippen molar-refractivity contribution in [3.63, 3.8) is 0 Å². The first-order valence-electron chi connectivity index (χ1n) is 5.80. The van der Waals surface area contributed by atoms with Crippen molar-refractivity contribution in [1.29, 1.82) is 0 Å². The third-order valence-electron chi connectivity index (χ3n) is 4.47. The van der Waals surface area contributed by atoms with Crippen molar-refractivity contribution in [3.05, 3.63) is 0 Å². The Kier molecular flexibility index (Phi) is 2.25. The molecule has 1 heterocycles. The van der Waals surface area contributed by atoms with Crippen molar-refractivity contribution in [2.24, 2.45) is 17.3 Å². The van der Waals surface area contributed by atoms with Crippen molar-refractivity contribution in [1.82, 2.24) is 0 Å². The van der Waals surface area contributed by atoms with E-state index in [4.69, 9.17) is 4.74 Å². The number of hydrogen-bond donors (Lipinski definition) is 2. The average Bonchev–Trinajstić information content (AvgIpc) is 2.70. The molecule has 0 spiro atoms. The smallest absolute Gasteiger partial charge is 0.123 e. The van der Waals surface area contributed by atoms with Crippen LogP contribution < -0.4 is 0 Å². The first kappa shape index (κ1) is 11.4. The molecule has 5 atom stereocenters. The Morgan fingerprint density at radius 2 is 1.80 bits per heavy atom. The van der Waals surface area contributed by atoms with Crippen LogP contribution in [0.2, 0.25) is 0 Å². The molecule has 1 aliphatic carbocycles. The van der Waals surface area contributed by atoms with E-state index in [2.05, 4.69) is 13.8 Å². The molecular formula is C12H22O3. The van der Waals surface area contributed by atoms with Gasteiger partial charge >= 0.3 is 0 Å². The van der Waals surface area contributed by atoms with Crippen molar-refractivity contribution in [2.75, 3.05) is 0 Å². The van der Waals surface area contributed by atoms with Crippen LogP contribution in [0.25, 0.3) is 0 Å². The summed E-state index contributed by atoms with van der Waals surface area (Å²) in [6, 6.07) is 0. The Morgan fingerprint density at radius 1 is 1.27 bits per heavy atom. The van der Waals surface area contributed by atoms with Crippen LogP contribution in [0.5, 0.6) is 0 Å². The van der Waals surface area contributed by atoms with Gasteiger partial charge in [-0.25, -0.2) is 0 Å². The fourth-order valence-electron chi connectivity index (χ4n) is 3.02. The van der Waals surface area contributed by atoms with Crippen LogP contribution in [0.15, 0.2) is 0 Å². The number of ether oxygens (including phenoxy) is 1. The Hall–Kier alpha value is -0.120. The van der Waals surface area contributed by atoms with Gasteiger partial charge in [0.1, 0.15) is 5.60 Å². The molecule has 2 aliphatic rings. The summed E-state index contributed by atoms with van der Waals surface area (Å²) in [6.07, 6.45) is -0.872. The highest BCUT2D eigenvalue weighted by atomic mass is 16.5. The van der Waals surface area contributed by atoms with E-state index in [1.54, 1.807) is 0 Å². The van der Waals surface area contributed by atoms with E-state index in [0.29, 0.717) is 5.92 Å². The van der Waals surface area contributed by atoms with E-state index in [9.17, 15) is 10.2 Å². The molecule has 3 heteroatoms. The molecule has 1 saturated carbocycles. The van der Waals surface area contributed by atoms with Crippen LogP contribution >= 0.6 is 0 Å². The number of aliphatic hydroxyl groups excluding tert-OH is 1. The summed E-state index contributed by atoms with van der Waals surface area (Å²) in [6.45, 7) is 10.0. The molecule has 1 saturated heterocycles. The predicted molar refractivity (Wildman–Crippen MR) is 57.4 cm³/mol. The molecule has 3 nitrogen and oxygen atoms in total. The molecular weight excluding hydrogens is 192 g/mol. The third kappa shape index (κ3) is 1.23. The second-order valence-corrected chi connectivity index (χ2v) is 6.08. The minimum absolute atomic E-state index is 0.0125. The molecule has 88 valence electrons. The van der Waals surface area contributed by atoms with Crippen LogP contribution in [-0.2, 0) is 4.74 Å². The van der Waals surface area contributed by atoms with Gasteiger partial charge in [0.15, 0.2) is 0 Å². The highest BCUT2D eigenvalue weighted by Gasteiger charge is 2.75. The minimum atomic E-state index is -1.01. The Labute approximate surface area is 91.4 Å². The maximum Gasteiger partial charge on any atom is 0.123 e. The van der Waals surface area contributed by atoms with Gasteiger partial charge in [-0.3, -0.25) is 0 Å². The van der Waals surface area contributed by atoms with Crippen LogP contribution in [0.1, 0.15) is 34.6 Å². The molecule has 0 radical (unpaired) electrons. The lowest BCUT2D eigenvalue weighted by molar-refractivity contribution is -0.190. The lowest BCUT2D eigenvalue weighted by Crippen LogP contribution is -2.54. The van der Waals surface area contributed by atoms with Crippen LogP contribution in [0, 0.1) is 17.3 Å². The highest BCUT2D eigenvalue weighted by Crippen LogP contribution is 2.60. The maximum absolute atomic E-state index is 10.4. The quantitative estimate of drug-likeness (QED) is 0.689. The summed E-state index contributed by atoms with van der Waals surface area (Å²) in [4.78, 5) is 0. The second-order valence-electron chi connectivity index (χ2n) is 6.08. The second kappa shape index (κ2) is 2.96. The maximum atomic E-state index is 10.4. The number of aliphatic hydroxyl groups is 2. The molecule has 2 fully saturated rings. The van der Waals surface area contributed by atoms with Gasteiger partial charge in [0.2, 0.25) is 0 Å². The largest absolute Gasteiger partial charge is 0.389 e. The SMILES string of the molecule is CC(C)[C@@H]1[C@@H]2OC(C)C(C)(C)C(O)C12O. The zero-order valence-corrected chi connectivity index (χ0v) is 10.2. The summed E-state index contributed by atoms with van der Waals surface area (Å²) < 4.78 is 5.81. The van der Waals surface area contributed by atoms with E-state index in [1.165, 1.54) is 0 Å². The van der Waals surface area contributed by atoms with Crippen LogP contribution in [-0.4, -0.2) is 34.1 Å². The average molecular weight is 214 g/mol. The molecule has 0 bridgehead atoms. The van der Waals surface area contributed by atoms with Gasteiger partial charge in [-0.1, -0.05) is 27.7 Å². The lowest BCUT2D eigenvalue weighted by Gasteiger charge is -2.43. The van der Waals surface area contributed by atoms with Gasteiger partial charge in [0.25, 0.3) is 0 Å². The van der Waals surface area contributed by atoms with E-state index in [-0.39, 0.29) is 23.5 Å². The summed E-state index contributed by atoms with van der Waals surface area (Å²) in [5.41, 5.74) is -1.39. The van der Waals surface area contributed by atoms with E-state index in [1.807, 2.05) is 20.8 Å². The van der Waals surface area contributed by atoms with Gasteiger partial charge in [0.05, 0.1) is 18.3 Å². The van der Waals surface area contributed by atoms with Crippen molar-refractivity contribution >= 4 is 0 Å². The van der Waals surface area contributed by atoms with E-state index in [0.717, 1.165) is 0 Å². The molecule has 0 aromatic carbocycles. The van der Waals surface area contributed by atoms with Gasteiger partial charge in [0, 0.05) is 11.3 Å². The van der Waals surface area contributed by atoms with E-state index < -0.39 is 11.7 Å². The van der Waals surface area contributed by atoms with Gasteiger partial charge in [-0.05, 0) is 12.8 Å². The number of rotatable bonds is 1. The van der Waals surface area contributed by atoms with Gasteiger partial charge in [-0.2, -0.15) is 0 Å². The third-order valence-corrected chi connectivity index (χ3v) is 4.47. The molecule has 2 rings (SSSR count). The normalized spacial score (nSPS) is 52.8. The fraction of sp³-hybridized carbons (Fsp3) is 1.00. The zero-order valence-electron chi connectivity index (χ0n) is 10.2. The molecule has 0 aromatic heterocycles. The highest BCUT2D eigenvalue weighted by molar-refractivity contribution is 5.24. The molecule has 2 N–H and O–H groups in total. The first-order valence-corrected chi connectivity index (χ1v) is 5.80. The Balaban J connectivity index is 2.28. The van der Waals surface area contributed by atoms with Crippen molar-refractivity contribution < 1.29 is 14.9 Å². The summed E-state index contributed by atoms with van der Waals surface area (Å²) in [5.74, 6) is 0.424. The van der Waals surface area contributed by atoms with Crippen molar-refractivity contribution in [3.8, 4) is 0 Å². The lowest BCUT2D eigenvalue weighted by atomic mass is 9.76. The zero-order chi connectivity index (χ0) is 11.6. The van der Waals surface area contributed by atoms with Crippen LogP contribution in [0.4, 0.5) is 0 Å². The number of hydrogen-bond acceptors (Lipinski definition) is 3. The van der Waals surface area contributed by atoms with Crippen molar-refractivity contribution in [2.45, 2.75) is 58.5 Å². The Morgan fingerprint density at radius 3 is 2.27 bits per heavy atom. The summed E-state index contributed by atoms with van der Waals surface area (Å²) >= 11 is 0. The molecule has 1 aliphatic heterocycles. The van der Waals surface area contributed by atoms with Gasteiger partial charge < -0.3 is 14.9 Å². The number of fused-ring (bicyclic) bond motifs is 1. The van der Waals surface area contributed by atoms with Gasteiger partial charge in [-0.15, -0.1) is 0 Å². The summed E-state index contributed by atoms with van der Waals surface area (Å²) in [5, 5.41) is 20.7. The Bertz CT molecular complexity index is 274. The first-order chi connectivity index (χ1) is 6.74.